The lowest BCUT2D eigenvalue weighted by Crippen LogP contribution is -2.21. The average Bonchev–Trinajstić information content (AvgIpc) is 2.82. The summed E-state index contributed by atoms with van der Waals surface area (Å²) < 4.78 is 10.5. The van der Waals surface area contributed by atoms with E-state index in [1.54, 1.807) is 81.8 Å². The molecule has 3 aromatic rings. The van der Waals surface area contributed by atoms with Crippen molar-refractivity contribution in [1.82, 2.24) is 5.43 Å². The molecule has 3 rings (SSSR count). The van der Waals surface area contributed by atoms with E-state index in [-0.39, 0.29) is 18.2 Å². The molecule has 3 aromatic carbocycles. The first-order valence-corrected chi connectivity index (χ1v) is 10.5. The van der Waals surface area contributed by atoms with Crippen LogP contribution in [0.4, 0.5) is 5.69 Å². The Hall–Kier alpha value is -3.84. The maximum Gasteiger partial charge on any atom is 0.255 e. The summed E-state index contributed by atoms with van der Waals surface area (Å²) in [5, 5.41) is 7.51. The van der Waals surface area contributed by atoms with Gasteiger partial charge in [-0.1, -0.05) is 35.9 Å². The number of hydrazone groups is 1. The van der Waals surface area contributed by atoms with E-state index in [0.717, 1.165) is 11.1 Å². The highest BCUT2D eigenvalue weighted by Gasteiger charge is 2.10. The normalized spacial score (nSPS) is 11.0. The molecule has 8 heteroatoms. The molecule has 0 aliphatic carbocycles. The third kappa shape index (κ3) is 6.57. The molecule has 0 spiro atoms. The maximum atomic E-state index is 12.4. The summed E-state index contributed by atoms with van der Waals surface area (Å²) >= 11 is 5.96. The summed E-state index contributed by atoms with van der Waals surface area (Å²) in [5.74, 6) is 0.608. The number of nitrogens with zero attached hydrogens (tertiary/aromatic N) is 1. The van der Waals surface area contributed by atoms with Crippen LogP contribution in [0.15, 0.2) is 71.8 Å². The summed E-state index contributed by atoms with van der Waals surface area (Å²) in [5.41, 5.74) is 5.74. The molecular weight excluding hydrogens is 442 g/mol. The Kier molecular flexibility index (Phi) is 8.05. The lowest BCUT2D eigenvalue weighted by molar-refractivity contribution is -0.120. The van der Waals surface area contributed by atoms with E-state index >= 15 is 0 Å². The van der Waals surface area contributed by atoms with E-state index in [1.807, 2.05) is 6.07 Å². The summed E-state index contributed by atoms with van der Waals surface area (Å²) in [4.78, 5) is 24.8. The van der Waals surface area contributed by atoms with Gasteiger partial charge in [0.15, 0.2) is 11.5 Å². The molecule has 0 radical (unpaired) electrons. The number of carbonyl (C=O) groups excluding carboxylic acids is 2. The van der Waals surface area contributed by atoms with Crippen molar-refractivity contribution in [3.63, 3.8) is 0 Å². The van der Waals surface area contributed by atoms with Crippen molar-refractivity contribution in [1.29, 1.82) is 0 Å². The second-order valence-corrected chi connectivity index (χ2v) is 7.58. The second kappa shape index (κ2) is 11.2. The summed E-state index contributed by atoms with van der Waals surface area (Å²) in [6.07, 6.45) is 0.132. The lowest BCUT2D eigenvalue weighted by atomic mass is 10.1. The Balaban J connectivity index is 1.63. The van der Waals surface area contributed by atoms with Gasteiger partial charge in [0.05, 0.1) is 26.4 Å². The predicted octanol–water partition coefficient (Wildman–Crippen LogP) is 4.69. The number of halogens is 1. The number of methoxy groups -OCH3 is 2. The zero-order valence-electron chi connectivity index (χ0n) is 18.5. The van der Waals surface area contributed by atoms with Crippen LogP contribution >= 0.6 is 11.6 Å². The fourth-order valence-electron chi connectivity index (χ4n) is 3.08. The minimum Gasteiger partial charge on any atom is -0.493 e. The first-order valence-electron chi connectivity index (χ1n) is 10.1. The van der Waals surface area contributed by atoms with Crippen molar-refractivity contribution in [3.05, 3.63) is 88.4 Å². The number of nitrogens with one attached hydrogen (secondary N) is 2. The highest BCUT2D eigenvalue weighted by Crippen LogP contribution is 2.27. The van der Waals surface area contributed by atoms with Crippen molar-refractivity contribution in [2.75, 3.05) is 19.5 Å². The number of amides is 2. The smallest absolute Gasteiger partial charge is 0.255 e. The molecule has 0 aliphatic rings. The largest absolute Gasteiger partial charge is 0.493 e. The van der Waals surface area contributed by atoms with Crippen LogP contribution in [0.1, 0.15) is 28.4 Å². The van der Waals surface area contributed by atoms with Crippen molar-refractivity contribution in [2.45, 2.75) is 13.3 Å². The Morgan fingerprint density at radius 3 is 2.36 bits per heavy atom. The number of benzene rings is 3. The zero-order valence-corrected chi connectivity index (χ0v) is 19.3. The minimum atomic E-state index is -0.271. The molecule has 0 unspecified atom stereocenters. The second-order valence-electron chi connectivity index (χ2n) is 7.14. The van der Waals surface area contributed by atoms with Gasteiger partial charge in [-0.25, -0.2) is 5.43 Å². The Labute approximate surface area is 197 Å². The monoisotopic (exact) mass is 465 g/mol. The van der Waals surface area contributed by atoms with E-state index < -0.39 is 0 Å². The average molecular weight is 466 g/mol. The summed E-state index contributed by atoms with van der Waals surface area (Å²) in [6.45, 7) is 1.77. The van der Waals surface area contributed by atoms with Gasteiger partial charge in [0.25, 0.3) is 5.91 Å². The lowest BCUT2D eigenvalue weighted by Gasteiger charge is -2.09. The molecule has 7 nitrogen and oxygen atoms in total. The number of carbonyl (C=O) groups is 2. The number of anilines is 1. The maximum absolute atomic E-state index is 12.4. The molecule has 2 amide bonds. The number of hydrogen-bond acceptors (Lipinski definition) is 5. The first-order chi connectivity index (χ1) is 15.9. The van der Waals surface area contributed by atoms with E-state index in [4.69, 9.17) is 21.1 Å². The van der Waals surface area contributed by atoms with E-state index in [1.165, 1.54) is 0 Å². The van der Waals surface area contributed by atoms with Gasteiger partial charge in [0, 0.05) is 16.3 Å². The first kappa shape index (κ1) is 23.8. The Morgan fingerprint density at radius 2 is 1.64 bits per heavy atom. The predicted molar refractivity (Wildman–Crippen MR) is 129 cm³/mol. The van der Waals surface area contributed by atoms with Gasteiger partial charge in [0.2, 0.25) is 5.91 Å². The van der Waals surface area contributed by atoms with E-state index in [9.17, 15) is 9.59 Å². The van der Waals surface area contributed by atoms with Crippen molar-refractivity contribution < 1.29 is 19.1 Å². The third-order valence-electron chi connectivity index (χ3n) is 4.79. The highest BCUT2D eigenvalue weighted by molar-refractivity contribution is 6.31. The fraction of sp³-hybridized carbons (Fsp3) is 0.160. The molecule has 0 atom stereocenters. The van der Waals surface area contributed by atoms with E-state index in [0.29, 0.717) is 33.5 Å². The van der Waals surface area contributed by atoms with Crippen LogP contribution in [0.25, 0.3) is 0 Å². The number of hydrogen-bond donors (Lipinski definition) is 2. The fourth-order valence-corrected chi connectivity index (χ4v) is 3.27. The molecular formula is C25H24ClN3O4. The molecule has 0 fully saturated rings. The molecule has 0 aliphatic heterocycles. The van der Waals surface area contributed by atoms with Gasteiger partial charge in [-0.3, -0.25) is 9.59 Å². The molecule has 33 heavy (non-hydrogen) atoms. The van der Waals surface area contributed by atoms with Crippen LogP contribution in [0, 0.1) is 0 Å². The molecule has 170 valence electrons. The number of ether oxygens (including phenoxy) is 2. The molecule has 0 bridgehead atoms. The van der Waals surface area contributed by atoms with Gasteiger partial charge in [-0.15, -0.1) is 0 Å². The standard InChI is InChI=1S/C25H24ClN3O4/c1-16(28-29-24(30)13-17-10-11-22(32-2)23(12-17)33-3)18-6-5-9-21(15-18)27-25(31)19-7-4-8-20(26)14-19/h4-12,14-15H,13H2,1-3H3,(H,27,31)(H,29,30)/b28-16-. The molecule has 2 N–H and O–H groups in total. The van der Waals surface area contributed by atoms with Crippen molar-refractivity contribution in [3.8, 4) is 11.5 Å². The Morgan fingerprint density at radius 1 is 0.909 bits per heavy atom. The van der Waals surface area contributed by atoms with E-state index in [2.05, 4.69) is 15.8 Å². The van der Waals surface area contributed by atoms with Gasteiger partial charge in [-0.05, 0) is 60.5 Å². The van der Waals surface area contributed by atoms with Crippen LogP contribution in [-0.2, 0) is 11.2 Å². The van der Waals surface area contributed by atoms with Gasteiger partial charge in [-0.2, -0.15) is 5.10 Å². The summed E-state index contributed by atoms with van der Waals surface area (Å²) in [6, 6.07) is 19.2. The van der Waals surface area contributed by atoms with Crippen LogP contribution in [0.3, 0.4) is 0 Å². The molecule has 0 aromatic heterocycles. The SMILES string of the molecule is COc1ccc(CC(=O)N/N=C(/C)c2cccc(NC(=O)c3cccc(Cl)c3)c2)cc1OC. The minimum absolute atomic E-state index is 0.132. The topological polar surface area (TPSA) is 89.0 Å². The quantitative estimate of drug-likeness (QED) is 0.373. The van der Waals surface area contributed by atoms with Crippen LogP contribution in [0.5, 0.6) is 11.5 Å². The van der Waals surface area contributed by atoms with Crippen LogP contribution in [0.2, 0.25) is 5.02 Å². The van der Waals surface area contributed by atoms with Gasteiger partial charge < -0.3 is 14.8 Å². The molecule has 0 saturated heterocycles. The summed E-state index contributed by atoms with van der Waals surface area (Å²) in [7, 11) is 3.10. The van der Waals surface area contributed by atoms with Crippen molar-refractivity contribution >= 4 is 34.8 Å². The molecule has 0 heterocycles. The van der Waals surface area contributed by atoms with Crippen LogP contribution < -0.4 is 20.2 Å². The van der Waals surface area contributed by atoms with Gasteiger partial charge in [0.1, 0.15) is 0 Å². The molecule has 0 saturated carbocycles. The zero-order chi connectivity index (χ0) is 23.8. The van der Waals surface area contributed by atoms with Crippen LogP contribution in [-0.4, -0.2) is 31.7 Å². The third-order valence-corrected chi connectivity index (χ3v) is 5.02. The van der Waals surface area contributed by atoms with Gasteiger partial charge >= 0.3 is 0 Å². The van der Waals surface area contributed by atoms with Crippen molar-refractivity contribution in [2.24, 2.45) is 5.10 Å². The number of rotatable bonds is 8. The highest BCUT2D eigenvalue weighted by atomic mass is 35.5. The Bertz CT molecular complexity index is 1190.